The molecular weight excluding hydrogens is 344 g/mol. The highest BCUT2D eigenvalue weighted by Gasteiger charge is 2.24. The van der Waals surface area contributed by atoms with E-state index in [1.807, 2.05) is 6.92 Å². The maximum absolute atomic E-state index is 11.9. The fraction of sp³-hybridized carbons (Fsp3) is 0.231. The minimum absolute atomic E-state index is 0.0647. The Morgan fingerprint density at radius 1 is 1.43 bits per heavy atom. The summed E-state index contributed by atoms with van der Waals surface area (Å²) in [5.74, 6) is -0.793. The Morgan fingerprint density at radius 2 is 2.13 bits per heavy atom. The second-order valence-corrected chi connectivity index (χ2v) is 7.69. The Kier molecular flexibility index (Phi) is 4.76. The Morgan fingerprint density at radius 3 is 2.65 bits per heavy atom. The van der Waals surface area contributed by atoms with Gasteiger partial charge < -0.3 is 4.74 Å². The van der Waals surface area contributed by atoms with Crippen molar-refractivity contribution in [2.75, 3.05) is 6.26 Å². The summed E-state index contributed by atoms with van der Waals surface area (Å²) in [5, 5.41) is 13.6. The van der Waals surface area contributed by atoms with Crippen LogP contribution in [0, 0.1) is 17.0 Å². The average molecular weight is 356 g/mol. The van der Waals surface area contributed by atoms with Gasteiger partial charge in [0.25, 0.3) is 5.69 Å². The molecule has 0 spiro atoms. The molecular formula is C13H12N2O6S2. The highest BCUT2D eigenvalue weighted by molar-refractivity contribution is 7.90. The van der Waals surface area contributed by atoms with Crippen LogP contribution in [0.3, 0.4) is 0 Å². The van der Waals surface area contributed by atoms with Crippen molar-refractivity contribution >= 4 is 32.8 Å². The molecule has 1 heterocycles. The van der Waals surface area contributed by atoms with Gasteiger partial charge in [-0.1, -0.05) is 0 Å². The molecule has 0 saturated heterocycles. The standard InChI is InChI=1S/C13H12N2O6S2/c1-8-14-10(7-22-8)6-21-13(16)9-3-4-12(23(2,19)20)11(5-9)15(17)18/h3-5,7H,6H2,1-2H3. The zero-order valence-electron chi connectivity index (χ0n) is 12.2. The predicted molar refractivity (Wildman–Crippen MR) is 82.2 cm³/mol. The lowest BCUT2D eigenvalue weighted by Gasteiger charge is -2.05. The van der Waals surface area contributed by atoms with E-state index in [1.165, 1.54) is 17.4 Å². The van der Waals surface area contributed by atoms with Crippen LogP contribution < -0.4 is 0 Å². The molecule has 23 heavy (non-hydrogen) atoms. The van der Waals surface area contributed by atoms with Gasteiger partial charge in [0.05, 0.1) is 21.2 Å². The van der Waals surface area contributed by atoms with Crippen LogP contribution in [0.25, 0.3) is 0 Å². The summed E-state index contributed by atoms with van der Waals surface area (Å²) < 4.78 is 28.1. The van der Waals surface area contributed by atoms with Crippen LogP contribution in [-0.2, 0) is 21.2 Å². The number of aryl methyl sites for hydroxylation is 1. The first-order valence-electron chi connectivity index (χ1n) is 6.25. The van der Waals surface area contributed by atoms with E-state index in [1.54, 1.807) is 5.38 Å². The third-order valence-electron chi connectivity index (χ3n) is 2.81. The number of benzene rings is 1. The third kappa shape index (κ3) is 4.11. The largest absolute Gasteiger partial charge is 0.456 e. The molecule has 8 nitrogen and oxygen atoms in total. The lowest BCUT2D eigenvalue weighted by atomic mass is 10.2. The summed E-state index contributed by atoms with van der Waals surface area (Å²) in [7, 11) is -3.78. The Balaban J connectivity index is 2.24. The number of esters is 1. The molecule has 0 N–H and O–H groups in total. The summed E-state index contributed by atoms with van der Waals surface area (Å²) in [4.78, 5) is 25.8. The predicted octanol–water partition coefficient (Wildman–Crippen LogP) is 2.12. The van der Waals surface area contributed by atoms with Gasteiger partial charge in [0.2, 0.25) is 0 Å². The highest BCUT2D eigenvalue weighted by atomic mass is 32.2. The number of hydrogen-bond acceptors (Lipinski definition) is 8. The lowest BCUT2D eigenvalue weighted by Crippen LogP contribution is -2.08. The number of sulfone groups is 1. The van der Waals surface area contributed by atoms with Gasteiger partial charge in [-0.05, 0) is 19.1 Å². The number of nitro groups is 1. The van der Waals surface area contributed by atoms with Crippen molar-refractivity contribution < 1.29 is 22.9 Å². The molecule has 0 aliphatic heterocycles. The Hall–Kier alpha value is -2.33. The fourth-order valence-electron chi connectivity index (χ4n) is 1.80. The summed E-state index contributed by atoms with van der Waals surface area (Å²) >= 11 is 1.40. The summed E-state index contributed by atoms with van der Waals surface area (Å²) in [6.07, 6.45) is 0.859. The molecule has 1 aromatic heterocycles. The van der Waals surface area contributed by atoms with Crippen LogP contribution in [0.5, 0.6) is 0 Å². The Labute approximate surface area is 135 Å². The molecule has 0 radical (unpaired) electrons. The first-order chi connectivity index (χ1) is 10.7. The van der Waals surface area contributed by atoms with Gasteiger partial charge in [-0.3, -0.25) is 10.1 Å². The van der Waals surface area contributed by atoms with E-state index in [0.717, 1.165) is 23.4 Å². The van der Waals surface area contributed by atoms with Gasteiger partial charge in [-0.15, -0.1) is 11.3 Å². The van der Waals surface area contributed by atoms with E-state index in [0.29, 0.717) is 5.69 Å². The van der Waals surface area contributed by atoms with Crippen molar-refractivity contribution in [2.45, 2.75) is 18.4 Å². The van der Waals surface area contributed by atoms with Gasteiger partial charge in [0.15, 0.2) is 9.84 Å². The normalized spacial score (nSPS) is 11.2. The summed E-state index contributed by atoms with van der Waals surface area (Å²) in [6.45, 7) is 1.74. The topological polar surface area (TPSA) is 116 Å². The molecule has 0 amide bonds. The average Bonchev–Trinajstić information content (AvgIpc) is 2.88. The van der Waals surface area contributed by atoms with Crippen LogP contribution in [-0.4, -0.2) is 30.6 Å². The molecule has 122 valence electrons. The Bertz CT molecular complexity index is 872. The molecule has 0 fully saturated rings. The molecule has 0 atom stereocenters. The van der Waals surface area contributed by atoms with Crippen LogP contribution in [0.1, 0.15) is 21.1 Å². The maximum atomic E-state index is 11.9. The van der Waals surface area contributed by atoms with E-state index in [-0.39, 0.29) is 12.2 Å². The van der Waals surface area contributed by atoms with E-state index >= 15 is 0 Å². The second-order valence-electron chi connectivity index (χ2n) is 4.65. The summed E-state index contributed by atoms with van der Waals surface area (Å²) in [6, 6.07) is 3.10. The van der Waals surface area contributed by atoms with Crippen molar-refractivity contribution in [1.29, 1.82) is 0 Å². The first-order valence-corrected chi connectivity index (χ1v) is 9.02. The van der Waals surface area contributed by atoms with E-state index in [4.69, 9.17) is 4.74 Å². The van der Waals surface area contributed by atoms with E-state index in [9.17, 15) is 23.3 Å². The van der Waals surface area contributed by atoms with E-state index in [2.05, 4.69) is 4.98 Å². The molecule has 2 rings (SSSR count). The van der Waals surface area contributed by atoms with Crippen molar-refractivity contribution in [3.8, 4) is 0 Å². The molecule has 2 aromatic rings. The number of aromatic nitrogens is 1. The van der Waals surface area contributed by atoms with Gasteiger partial charge in [-0.2, -0.15) is 0 Å². The molecule has 0 aliphatic rings. The third-order valence-corrected chi connectivity index (χ3v) is 4.78. The minimum atomic E-state index is -3.78. The van der Waals surface area contributed by atoms with Crippen LogP contribution in [0.2, 0.25) is 0 Å². The van der Waals surface area contributed by atoms with Gasteiger partial charge >= 0.3 is 5.97 Å². The molecule has 0 aliphatic carbocycles. The van der Waals surface area contributed by atoms with Crippen molar-refractivity contribution in [2.24, 2.45) is 0 Å². The molecule has 0 unspecified atom stereocenters. The molecule has 0 saturated carbocycles. The van der Waals surface area contributed by atoms with Crippen LogP contribution >= 0.6 is 11.3 Å². The number of rotatable bonds is 5. The van der Waals surface area contributed by atoms with Crippen molar-refractivity contribution in [3.05, 3.63) is 50.0 Å². The molecule has 1 aromatic carbocycles. The second kappa shape index (κ2) is 6.42. The number of carbonyl (C=O) groups excluding carboxylic acids is 1. The monoisotopic (exact) mass is 356 g/mol. The van der Waals surface area contributed by atoms with Crippen LogP contribution in [0.4, 0.5) is 5.69 Å². The smallest absolute Gasteiger partial charge is 0.338 e. The van der Waals surface area contributed by atoms with Gasteiger partial charge in [0, 0.05) is 17.7 Å². The number of ether oxygens (including phenoxy) is 1. The van der Waals surface area contributed by atoms with E-state index < -0.39 is 31.3 Å². The molecule has 0 bridgehead atoms. The number of nitro benzene ring substituents is 1. The highest BCUT2D eigenvalue weighted by Crippen LogP contribution is 2.25. The van der Waals surface area contributed by atoms with Crippen LogP contribution in [0.15, 0.2) is 28.5 Å². The quantitative estimate of drug-likeness (QED) is 0.457. The zero-order chi connectivity index (χ0) is 17.2. The van der Waals surface area contributed by atoms with Crippen molar-refractivity contribution in [1.82, 2.24) is 4.98 Å². The van der Waals surface area contributed by atoms with Crippen molar-refractivity contribution in [3.63, 3.8) is 0 Å². The number of nitrogens with zero attached hydrogens (tertiary/aromatic N) is 2. The zero-order valence-corrected chi connectivity index (χ0v) is 13.8. The lowest BCUT2D eigenvalue weighted by molar-refractivity contribution is -0.387. The number of hydrogen-bond donors (Lipinski definition) is 0. The molecule has 10 heteroatoms. The van der Waals surface area contributed by atoms with Gasteiger partial charge in [-0.25, -0.2) is 18.2 Å². The fourth-order valence-corrected chi connectivity index (χ4v) is 3.22. The first kappa shape index (κ1) is 17.0. The number of thiazole rings is 1. The SMILES string of the molecule is Cc1nc(COC(=O)c2ccc(S(C)(=O)=O)c([N+](=O)[O-])c2)cs1. The van der Waals surface area contributed by atoms with Gasteiger partial charge in [0.1, 0.15) is 11.5 Å². The summed E-state index contributed by atoms with van der Waals surface area (Å²) in [5.41, 5.74) is -0.189. The number of carbonyl (C=O) groups is 1. The maximum Gasteiger partial charge on any atom is 0.338 e. The minimum Gasteiger partial charge on any atom is -0.456 e.